The van der Waals surface area contributed by atoms with Crippen LogP contribution in [0.3, 0.4) is 0 Å². The Balaban J connectivity index is 2.81. The zero-order valence-electron chi connectivity index (χ0n) is 5.74. The molecule has 1 heterocycles. The van der Waals surface area contributed by atoms with Crippen LogP contribution in [0.2, 0.25) is 0 Å². The van der Waals surface area contributed by atoms with Crippen molar-refractivity contribution in [2.45, 2.75) is 0 Å². The molecule has 0 aliphatic carbocycles. The molecule has 11 heavy (non-hydrogen) atoms. The van der Waals surface area contributed by atoms with Crippen molar-refractivity contribution >= 4 is 11.1 Å². The normalized spacial score (nSPS) is 9.73. The highest BCUT2D eigenvalue weighted by atomic mass is 16.3. The van der Waals surface area contributed by atoms with E-state index in [4.69, 9.17) is 10.8 Å². The van der Waals surface area contributed by atoms with Crippen molar-refractivity contribution in [3.63, 3.8) is 0 Å². The molecule has 0 unspecified atom stereocenters. The lowest BCUT2D eigenvalue weighted by Crippen LogP contribution is -1.67. The minimum absolute atomic E-state index is 0.339. The summed E-state index contributed by atoms with van der Waals surface area (Å²) in [6, 6.07) is 7.47. The molecule has 1 aromatic heterocycles. The highest BCUT2D eigenvalue weighted by Gasteiger charge is 1.99. The number of rotatable bonds is 0. The van der Waals surface area contributed by atoms with Gasteiger partial charge in [0.25, 0.3) is 5.89 Å². The van der Waals surface area contributed by atoms with Crippen LogP contribution in [-0.2, 0) is 0 Å². The number of benzene rings is 1. The van der Waals surface area contributed by atoms with Crippen LogP contribution in [-0.4, -0.2) is 4.98 Å². The second-order valence-electron chi connectivity index (χ2n) is 2.13. The molecule has 2 aromatic rings. The lowest BCUT2D eigenvalue weighted by Gasteiger charge is -1.79. The van der Waals surface area contributed by atoms with Crippen LogP contribution in [0.1, 0.15) is 5.89 Å². The van der Waals surface area contributed by atoms with Crippen molar-refractivity contribution in [2.75, 3.05) is 0 Å². The number of para-hydroxylation sites is 2. The van der Waals surface area contributed by atoms with Crippen LogP contribution < -0.4 is 0 Å². The predicted molar refractivity (Wildman–Crippen MR) is 41.9 cm³/mol. The van der Waals surface area contributed by atoms with Gasteiger partial charge in [-0.3, -0.25) is 0 Å². The Morgan fingerprint density at radius 2 is 2.18 bits per heavy atom. The number of aromatic nitrogens is 1. The molecule has 1 aromatic carbocycles. The molecule has 0 N–H and O–H groups in total. The molecule has 0 radical (unpaired) electrons. The van der Waals surface area contributed by atoms with E-state index in [0.29, 0.717) is 5.89 Å². The minimum Gasteiger partial charge on any atom is -0.430 e. The van der Waals surface area contributed by atoms with Crippen LogP contribution in [0, 0.1) is 12.3 Å². The van der Waals surface area contributed by atoms with Gasteiger partial charge >= 0.3 is 0 Å². The van der Waals surface area contributed by atoms with Gasteiger partial charge < -0.3 is 4.42 Å². The van der Waals surface area contributed by atoms with Gasteiger partial charge in [-0.15, -0.1) is 6.42 Å². The second-order valence-corrected chi connectivity index (χ2v) is 2.13. The molecule has 0 aliphatic heterocycles. The molecule has 2 nitrogen and oxygen atoms in total. The summed E-state index contributed by atoms with van der Waals surface area (Å²) in [6.45, 7) is 0. The highest BCUT2D eigenvalue weighted by molar-refractivity contribution is 5.72. The van der Waals surface area contributed by atoms with Gasteiger partial charge in [-0.05, 0) is 18.1 Å². The van der Waals surface area contributed by atoms with Gasteiger partial charge in [0.1, 0.15) is 5.52 Å². The van der Waals surface area contributed by atoms with E-state index in [9.17, 15) is 0 Å². The molecular formula is C9H5NO. The summed E-state index contributed by atoms with van der Waals surface area (Å²) in [4.78, 5) is 4.03. The Kier molecular flexibility index (Phi) is 1.16. The van der Waals surface area contributed by atoms with Crippen molar-refractivity contribution in [3.8, 4) is 12.3 Å². The Morgan fingerprint density at radius 3 is 2.91 bits per heavy atom. The molecule has 0 spiro atoms. The predicted octanol–water partition coefficient (Wildman–Crippen LogP) is 1.81. The lowest BCUT2D eigenvalue weighted by atomic mass is 10.3. The maximum atomic E-state index is 5.17. The van der Waals surface area contributed by atoms with Gasteiger partial charge in [0.2, 0.25) is 0 Å². The molecule has 52 valence electrons. The lowest BCUT2D eigenvalue weighted by molar-refractivity contribution is 0.586. The fourth-order valence-corrected chi connectivity index (χ4v) is 0.934. The van der Waals surface area contributed by atoms with E-state index < -0.39 is 0 Å². The fourth-order valence-electron chi connectivity index (χ4n) is 0.934. The average molecular weight is 143 g/mol. The molecule has 2 rings (SSSR count). The van der Waals surface area contributed by atoms with E-state index in [-0.39, 0.29) is 0 Å². The Morgan fingerprint density at radius 1 is 1.36 bits per heavy atom. The zero-order valence-corrected chi connectivity index (χ0v) is 5.74. The first-order valence-electron chi connectivity index (χ1n) is 3.22. The van der Waals surface area contributed by atoms with Crippen molar-refractivity contribution < 1.29 is 4.42 Å². The van der Waals surface area contributed by atoms with E-state index >= 15 is 0 Å². The molecule has 0 saturated heterocycles. The first-order chi connectivity index (χ1) is 5.40. The van der Waals surface area contributed by atoms with Crippen LogP contribution in [0.15, 0.2) is 28.7 Å². The maximum Gasteiger partial charge on any atom is 0.274 e. The summed E-state index contributed by atoms with van der Waals surface area (Å²) in [7, 11) is 0. The quantitative estimate of drug-likeness (QED) is 0.525. The number of hydrogen-bond acceptors (Lipinski definition) is 2. The third kappa shape index (κ3) is 0.870. The van der Waals surface area contributed by atoms with Crippen molar-refractivity contribution in [1.29, 1.82) is 0 Å². The highest BCUT2D eigenvalue weighted by Crippen LogP contribution is 2.13. The SMILES string of the molecule is C#Cc1nc2ccccc2o1. The van der Waals surface area contributed by atoms with Gasteiger partial charge in [0.15, 0.2) is 5.58 Å². The van der Waals surface area contributed by atoms with Crippen molar-refractivity contribution in [2.24, 2.45) is 0 Å². The smallest absolute Gasteiger partial charge is 0.274 e. The van der Waals surface area contributed by atoms with E-state index in [0.717, 1.165) is 11.1 Å². The molecular weight excluding hydrogens is 138 g/mol. The van der Waals surface area contributed by atoms with Gasteiger partial charge in [-0.25, -0.2) is 4.98 Å². The minimum atomic E-state index is 0.339. The molecule has 0 fully saturated rings. The van der Waals surface area contributed by atoms with Gasteiger partial charge in [0, 0.05) is 0 Å². The standard InChI is InChI=1S/C9H5NO/c1-2-9-10-7-5-3-4-6-8(7)11-9/h1,3-6H. The average Bonchev–Trinajstić information content (AvgIpc) is 2.46. The van der Waals surface area contributed by atoms with E-state index in [1.54, 1.807) is 0 Å². The Labute approximate surface area is 63.9 Å². The first kappa shape index (κ1) is 5.99. The van der Waals surface area contributed by atoms with Crippen LogP contribution >= 0.6 is 0 Å². The number of terminal acetylenes is 1. The zero-order chi connectivity index (χ0) is 7.68. The summed E-state index contributed by atoms with van der Waals surface area (Å²) in [5.41, 5.74) is 1.54. The van der Waals surface area contributed by atoms with E-state index in [2.05, 4.69) is 10.9 Å². The monoisotopic (exact) mass is 143 g/mol. The fraction of sp³-hybridized carbons (Fsp3) is 0. The van der Waals surface area contributed by atoms with Crippen LogP contribution in [0.4, 0.5) is 0 Å². The maximum absolute atomic E-state index is 5.17. The molecule has 0 atom stereocenters. The Hall–Kier alpha value is -1.75. The van der Waals surface area contributed by atoms with Gasteiger partial charge in [0.05, 0.1) is 0 Å². The first-order valence-corrected chi connectivity index (χ1v) is 3.22. The number of hydrogen-bond donors (Lipinski definition) is 0. The Bertz CT molecular complexity index is 389. The summed E-state index contributed by atoms with van der Waals surface area (Å²) >= 11 is 0. The molecule has 0 bridgehead atoms. The number of nitrogens with zero attached hydrogens (tertiary/aromatic N) is 1. The molecule has 0 amide bonds. The van der Waals surface area contributed by atoms with Crippen LogP contribution in [0.25, 0.3) is 11.1 Å². The summed E-state index contributed by atoms with van der Waals surface area (Å²) < 4.78 is 5.17. The number of oxazole rings is 1. The van der Waals surface area contributed by atoms with Crippen molar-refractivity contribution in [3.05, 3.63) is 30.2 Å². The third-order valence-electron chi connectivity index (χ3n) is 1.42. The third-order valence-corrected chi connectivity index (χ3v) is 1.42. The second kappa shape index (κ2) is 2.14. The summed E-state index contributed by atoms with van der Waals surface area (Å²) in [6.07, 6.45) is 5.11. The van der Waals surface area contributed by atoms with Crippen molar-refractivity contribution in [1.82, 2.24) is 4.98 Å². The summed E-state index contributed by atoms with van der Waals surface area (Å²) in [5, 5.41) is 0. The van der Waals surface area contributed by atoms with E-state index in [1.165, 1.54) is 0 Å². The van der Waals surface area contributed by atoms with Gasteiger partial charge in [-0.1, -0.05) is 12.1 Å². The van der Waals surface area contributed by atoms with E-state index in [1.807, 2.05) is 24.3 Å². The topological polar surface area (TPSA) is 26.0 Å². The van der Waals surface area contributed by atoms with Gasteiger partial charge in [-0.2, -0.15) is 0 Å². The summed E-state index contributed by atoms with van der Waals surface area (Å²) in [5.74, 6) is 2.68. The van der Waals surface area contributed by atoms with Crippen LogP contribution in [0.5, 0.6) is 0 Å². The molecule has 0 saturated carbocycles. The number of fused-ring (bicyclic) bond motifs is 1. The molecule has 0 aliphatic rings. The largest absolute Gasteiger partial charge is 0.430 e. The molecule has 2 heteroatoms.